The summed E-state index contributed by atoms with van der Waals surface area (Å²) in [5.41, 5.74) is 1.09. The van der Waals surface area contributed by atoms with E-state index >= 15 is 0 Å². The molecule has 0 aliphatic carbocycles. The minimum Gasteiger partial charge on any atom is -0.494 e. The molecule has 1 rings (SSSR count). The third kappa shape index (κ3) is 5.06. The van der Waals surface area contributed by atoms with E-state index in [2.05, 4.69) is 10.1 Å². The summed E-state index contributed by atoms with van der Waals surface area (Å²) < 4.78 is 9.86. The molecule has 0 bridgehead atoms. The zero-order chi connectivity index (χ0) is 12.5. The summed E-state index contributed by atoms with van der Waals surface area (Å²) in [6.07, 6.45) is 2.91. The van der Waals surface area contributed by atoms with Crippen molar-refractivity contribution >= 4 is 5.97 Å². The van der Waals surface area contributed by atoms with Crippen LogP contribution in [0.2, 0.25) is 0 Å². The van der Waals surface area contributed by atoms with Crippen LogP contribution in [0.5, 0.6) is 5.75 Å². The van der Waals surface area contributed by atoms with Crippen LogP contribution in [0.15, 0.2) is 36.5 Å². The van der Waals surface area contributed by atoms with Crippen LogP contribution in [0.25, 0.3) is 0 Å². The molecular weight excluding hydrogens is 218 g/mol. The fraction of sp³-hybridized carbons (Fsp3) is 0.308. The Hall–Kier alpha value is -1.97. The smallest absolute Gasteiger partial charge is 0.331 e. The van der Waals surface area contributed by atoms with Crippen molar-refractivity contribution in [2.24, 2.45) is 0 Å². The molecule has 0 aliphatic rings. The molecule has 0 radical (unpaired) electrons. The summed E-state index contributed by atoms with van der Waals surface area (Å²) in [6, 6.07) is 7.80. The number of esters is 1. The van der Waals surface area contributed by atoms with E-state index in [0.717, 1.165) is 11.3 Å². The Labute approximate surface area is 101 Å². The van der Waals surface area contributed by atoms with Crippen LogP contribution in [0.3, 0.4) is 0 Å². The average Bonchev–Trinajstić information content (AvgIpc) is 2.35. The highest BCUT2D eigenvalue weighted by Gasteiger charge is 1.95. The zero-order valence-corrected chi connectivity index (χ0v) is 10.1. The SMILES string of the molecule is CCOc1cccc(CN/C=C/C(=O)OC)c1. The Morgan fingerprint density at radius 1 is 1.47 bits per heavy atom. The van der Waals surface area contributed by atoms with E-state index in [9.17, 15) is 4.79 Å². The number of ether oxygens (including phenoxy) is 2. The van der Waals surface area contributed by atoms with Gasteiger partial charge in [-0.3, -0.25) is 0 Å². The van der Waals surface area contributed by atoms with Crippen molar-refractivity contribution in [1.29, 1.82) is 0 Å². The summed E-state index contributed by atoms with van der Waals surface area (Å²) in [7, 11) is 1.35. The molecule has 1 aromatic carbocycles. The number of nitrogens with one attached hydrogen (secondary N) is 1. The van der Waals surface area contributed by atoms with Crippen molar-refractivity contribution in [3.63, 3.8) is 0 Å². The summed E-state index contributed by atoms with van der Waals surface area (Å²) in [5.74, 6) is 0.476. The molecule has 1 N–H and O–H groups in total. The number of hydrogen-bond acceptors (Lipinski definition) is 4. The second kappa shape index (κ2) is 7.33. The lowest BCUT2D eigenvalue weighted by Crippen LogP contribution is -2.06. The number of methoxy groups -OCH3 is 1. The lowest BCUT2D eigenvalue weighted by atomic mass is 10.2. The van der Waals surface area contributed by atoms with Crippen LogP contribution in [0.1, 0.15) is 12.5 Å². The second-order valence-electron chi connectivity index (χ2n) is 3.32. The molecule has 0 saturated carbocycles. The van der Waals surface area contributed by atoms with E-state index in [4.69, 9.17) is 4.74 Å². The molecule has 1 aromatic rings. The minimum absolute atomic E-state index is 0.374. The molecule has 0 saturated heterocycles. The largest absolute Gasteiger partial charge is 0.494 e. The number of hydrogen-bond donors (Lipinski definition) is 1. The molecule has 0 atom stereocenters. The number of benzene rings is 1. The molecule has 0 fully saturated rings. The van der Waals surface area contributed by atoms with Crippen molar-refractivity contribution in [3.8, 4) is 5.75 Å². The van der Waals surface area contributed by atoms with Crippen LogP contribution in [0.4, 0.5) is 0 Å². The molecule has 17 heavy (non-hydrogen) atoms. The Morgan fingerprint density at radius 3 is 3.00 bits per heavy atom. The zero-order valence-electron chi connectivity index (χ0n) is 10.1. The highest BCUT2D eigenvalue weighted by molar-refractivity contribution is 5.81. The van der Waals surface area contributed by atoms with Gasteiger partial charge in [0.1, 0.15) is 5.75 Å². The quantitative estimate of drug-likeness (QED) is 0.604. The third-order valence-electron chi connectivity index (χ3n) is 2.05. The van der Waals surface area contributed by atoms with Crippen molar-refractivity contribution in [3.05, 3.63) is 42.1 Å². The van der Waals surface area contributed by atoms with Gasteiger partial charge in [0, 0.05) is 18.8 Å². The Kier molecular flexibility index (Phi) is 5.64. The first-order chi connectivity index (χ1) is 8.26. The van der Waals surface area contributed by atoms with E-state index in [1.54, 1.807) is 6.20 Å². The number of carbonyl (C=O) groups is 1. The van der Waals surface area contributed by atoms with Crippen molar-refractivity contribution in [2.45, 2.75) is 13.5 Å². The second-order valence-corrected chi connectivity index (χ2v) is 3.32. The van der Waals surface area contributed by atoms with E-state index in [0.29, 0.717) is 13.2 Å². The van der Waals surface area contributed by atoms with Crippen molar-refractivity contribution in [1.82, 2.24) is 5.32 Å². The first-order valence-corrected chi connectivity index (χ1v) is 5.46. The van der Waals surface area contributed by atoms with Crippen LogP contribution in [-0.2, 0) is 16.1 Å². The van der Waals surface area contributed by atoms with Crippen LogP contribution in [-0.4, -0.2) is 19.7 Å². The van der Waals surface area contributed by atoms with Crippen molar-refractivity contribution < 1.29 is 14.3 Å². The molecule has 0 amide bonds. The molecular formula is C13H17NO3. The first kappa shape index (κ1) is 13.1. The maximum atomic E-state index is 10.8. The molecule has 0 unspecified atom stereocenters. The van der Waals surface area contributed by atoms with Gasteiger partial charge in [-0.15, -0.1) is 0 Å². The molecule has 0 aliphatic heterocycles. The van der Waals surface area contributed by atoms with Gasteiger partial charge in [-0.25, -0.2) is 4.79 Å². The Bertz CT molecular complexity index is 388. The van der Waals surface area contributed by atoms with E-state index in [-0.39, 0.29) is 5.97 Å². The van der Waals surface area contributed by atoms with Crippen LogP contribution in [0, 0.1) is 0 Å². The van der Waals surface area contributed by atoms with Gasteiger partial charge in [-0.05, 0) is 24.6 Å². The van der Waals surface area contributed by atoms with Crippen LogP contribution >= 0.6 is 0 Å². The monoisotopic (exact) mass is 235 g/mol. The minimum atomic E-state index is -0.374. The van der Waals surface area contributed by atoms with Gasteiger partial charge in [0.05, 0.1) is 13.7 Å². The van der Waals surface area contributed by atoms with Gasteiger partial charge >= 0.3 is 5.97 Å². The predicted octanol–water partition coefficient (Wildman–Crippen LogP) is 1.86. The highest BCUT2D eigenvalue weighted by Crippen LogP contribution is 2.12. The lowest BCUT2D eigenvalue weighted by molar-refractivity contribution is -0.134. The van der Waals surface area contributed by atoms with E-state index in [1.807, 2.05) is 31.2 Å². The number of carbonyl (C=O) groups excluding carboxylic acids is 1. The molecule has 0 spiro atoms. The predicted molar refractivity (Wildman–Crippen MR) is 65.6 cm³/mol. The topological polar surface area (TPSA) is 47.6 Å². The van der Waals surface area contributed by atoms with Crippen molar-refractivity contribution in [2.75, 3.05) is 13.7 Å². The van der Waals surface area contributed by atoms with Crippen LogP contribution < -0.4 is 10.1 Å². The maximum Gasteiger partial charge on any atom is 0.331 e. The van der Waals surface area contributed by atoms with Gasteiger partial charge in [0.2, 0.25) is 0 Å². The molecule has 92 valence electrons. The van der Waals surface area contributed by atoms with Gasteiger partial charge in [0.25, 0.3) is 0 Å². The molecule has 4 nitrogen and oxygen atoms in total. The summed E-state index contributed by atoms with van der Waals surface area (Å²) in [5, 5.41) is 3.00. The first-order valence-electron chi connectivity index (χ1n) is 5.46. The lowest BCUT2D eigenvalue weighted by Gasteiger charge is -2.05. The molecule has 0 aromatic heterocycles. The fourth-order valence-corrected chi connectivity index (χ4v) is 1.28. The van der Waals surface area contributed by atoms with Gasteiger partial charge in [0.15, 0.2) is 0 Å². The Balaban J connectivity index is 2.43. The highest BCUT2D eigenvalue weighted by atomic mass is 16.5. The fourth-order valence-electron chi connectivity index (χ4n) is 1.28. The molecule has 4 heteroatoms. The Morgan fingerprint density at radius 2 is 2.29 bits per heavy atom. The van der Waals surface area contributed by atoms with Gasteiger partial charge < -0.3 is 14.8 Å². The summed E-state index contributed by atoms with van der Waals surface area (Å²) in [6.45, 7) is 3.23. The van der Waals surface area contributed by atoms with Gasteiger partial charge in [-0.2, -0.15) is 0 Å². The van der Waals surface area contributed by atoms with E-state index < -0.39 is 0 Å². The third-order valence-corrected chi connectivity index (χ3v) is 2.05. The number of rotatable bonds is 6. The maximum absolute atomic E-state index is 10.8. The van der Waals surface area contributed by atoms with Gasteiger partial charge in [-0.1, -0.05) is 12.1 Å². The molecule has 0 heterocycles. The average molecular weight is 235 g/mol. The van der Waals surface area contributed by atoms with E-state index in [1.165, 1.54) is 13.2 Å². The normalized spacial score (nSPS) is 10.2. The standard InChI is InChI=1S/C13H17NO3/c1-3-17-12-6-4-5-11(9-12)10-14-8-7-13(15)16-2/h4-9,14H,3,10H2,1-2H3/b8-7+. The summed E-state index contributed by atoms with van der Waals surface area (Å²) >= 11 is 0. The summed E-state index contributed by atoms with van der Waals surface area (Å²) in [4.78, 5) is 10.8.